The third kappa shape index (κ3) is 3.39. The van der Waals surface area contributed by atoms with Gasteiger partial charge in [0.1, 0.15) is 5.76 Å². The number of carbonyl (C=O) groups is 1. The highest BCUT2D eigenvalue weighted by atomic mass is 16.3. The number of rotatable bonds is 6. The maximum Gasteiger partial charge on any atom is 0.224 e. The lowest BCUT2D eigenvalue weighted by molar-refractivity contribution is -0.123. The number of hydrogen-bond donors (Lipinski definition) is 1. The predicted molar refractivity (Wildman–Crippen MR) is 85.4 cm³/mol. The minimum absolute atomic E-state index is 0.0153. The van der Waals surface area contributed by atoms with E-state index >= 15 is 0 Å². The highest BCUT2D eigenvalue weighted by Crippen LogP contribution is 2.47. The Morgan fingerprint density at radius 2 is 2.05 bits per heavy atom. The van der Waals surface area contributed by atoms with Gasteiger partial charge in [0.2, 0.25) is 5.91 Å². The van der Waals surface area contributed by atoms with Crippen molar-refractivity contribution >= 4 is 5.91 Å². The first kappa shape index (κ1) is 14.9. The van der Waals surface area contributed by atoms with Crippen molar-refractivity contribution in [2.24, 2.45) is 5.92 Å². The minimum Gasteiger partial charge on any atom is -0.469 e. The summed E-state index contributed by atoms with van der Waals surface area (Å²) in [6, 6.07) is 14.0. The highest BCUT2D eigenvalue weighted by molar-refractivity contribution is 5.83. The zero-order chi connectivity index (χ0) is 15.5. The first-order valence-electron chi connectivity index (χ1n) is 7.68. The van der Waals surface area contributed by atoms with Crippen molar-refractivity contribution in [1.29, 1.82) is 0 Å². The SMILES string of the molecule is CN(C)CC(NC(=O)C1CC1c1ccco1)c1ccccc1. The Balaban J connectivity index is 1.65. The van der Waals surface area contributed by atoms with Crippen molar-refractivity contribution in [2.75, 3.05) is 20.6 Å². The van der Waals surface area contributed by atoms with Gasteiger partial charge in [-0.25, -0.2) is 0 Å². The van der Waals surface area contributed by atoms with Crippen molar-refractivity contribution in [3.05, 3.63) is 60.1 Å². The fourth-order valence-corrected chi connectivity index (χ4v) is 2.87. The number of likely N-dealkylation sites (N-methyl/N-ethyl adjacent to an activating group) is 1. The average Bonchev–Trinajstić information content (AvgIpc) is 3.13. The summed E-state index contributed by atoms with van der Waals surface area (Å²) in [5, 5.41) is 3.20. The molecule has 116 valence electrons. The molecule has 1 aliphatic rings. The predicted octanol–water partition coefficient (Wildman–Crippen LogP) is 2.80. The van der Waals surface area contributed by atoms with Crippen LogP contribution < -0.4 is 5.32 Å². The van der Waals surface area contributed by atoms with E-state index in [1.165, 1.54) is 0 Å². The quantitative estimate of drug-likeness (QED) is 0.892. The van der Waals surface area contributed by atoms with Crippen molar-refractivity contribution < 1.29 is 9.21 Å². The van der Waals surface area contributed by atoms with Crippen molar-refractivity contribution in [3.63, 3.8) is 0 Å². The second-order valence-corrected chi connectivity index (χ2v) is 6.20. The Hall–Kier alpha value is -2.07. The fraction of sp³-hybridized carbons (Fsp3) is 0.389. The molecule has 0 radical (unpaired) electrons. The summed E-state index contributed by atoms with van der Waals surface area (Å²) in [6.45, 7) is 0.786. The van der Waals surface area contributed by atoms with Gasteiger partial charge in [-0.3, -0.25) is 4.79 Å². The molecule has 1 aliphatic carbocycles. The van der Waals surface area contributed by atoms with Gasteiger partial charge < -0.3 is 14.6 Å². The van der Waals surface area contributed by atoms with Gasteiger partial charge in [-0.15, -0.1) is 0 Å². The lowest BCUT2D eigenvalue weighted by Gasteiger charge is -2.23. The van der Waals surface area contributed by atoms with Gasteiger partial charge in [-0.1, -0.05) is 30.3 Å². The molecule has 2 aromatic rings. The first-order valence-corrected chi connectivity index (χ1v) is 7.68. The normalized spacial score (nSPS) is 21.6. The van der Waals surface area contributed by atoms with Crippen molar-refractivity contribution in [1.82, 2.24) is 10.2 Å². The van der Waals surface area contributed by atoms with E-state index in [2.05, 4.69) is 22.3 Å². The lowest BCUT2D eigenvalue weighted by Crippen LogP contribution is -2.36. The summed E-state index contributed by atoms with van der Waals surface area (Å²) < 4.78 is 5.40. The summed E-state index contributed by atoms with van der Waals surface area (Å²) in [6.07, 6.45) is 2.55. The van der Waals surface area contributed by atoms with Crippen LogP contribution >= 0.6 is 0 Å². The molecular weight excluding hydrogens is 276 g/mol. The Labute approximate surface area is 131 Å². The molecule has 1 aromatic carbocycles. The minimum atomic E-state index is 0.0153. The molecule has 4 nitrogen and oxygen atoms in total. The molecule has 0 bridgehead atoms. The van der Waals surface area contributed by atoms with Crippen LogP contribution in [-0.2, 0) is 4.79 Å². The molecule has 0 aliphatic heterocycles. The second-order valence-electron chi connectivity index (χ2n) is 6.20. The van der Waals surface area contributed by atoms with Crippen LogP contribution in [0.3, 0.4) is 0 Å². The molecule has 3 atom stereocenters. The standard InChI is InChI=1S/C18H22N2O2/c1-20(2)12-16(13-7-4-3-5-8-13)19-18(21)15-11-14(15)17-9-6-10-22-17/h3-10,14-16H,11-12H2,1-2H3,(H,19,21). The Bertz CT molecular complexity index is 607. The summed E-state index contributed by atoms with van der Waals surface area (Å²) in [5.74, 6) is 1.33. The topological polar surface area (TPSA) is 45.5 Å². The third-order valence-corrected chi connectivity index (χ3v) is 4.10. The number of benzene rings is 1. The van der Waals surface area contributed by atoms with E-state index in [0.717, 1.165) is 24.3 Å². The van der Waals surface area contributed by atoms with Gasteiger partial charge in [0.25, 0.3) is 0 Å². The van der Waals surface area contributed by atoms with E-state index in [1.54, 1.807) is 6.26 Å². The largest absolute Gasteiger partial charge is 0.469 e. The van der Waals surface area contributed by atoms with Gasteiger partial charge in [-0.05, 0) is 38.2 Å². The molecule has 3 unspecified atom stereocenters. The molecule has 1 amide bonds. The number of hydrogen-bond acceptors (Lipinski definition) is 3. The maximum atomic E-state index is 12.5. The molecule has 1 N–H and O–H groups in total. The van der Waals surface area contributed by atoms with Crippen LogP contribution in [0, 0.1) is 5.92 Å². The summed E-state index contributed by atoms with van der Waals surface area (Å²) >= 11 is 0. The molecular formula is C18H22N2O2. The van der Waals surface area contributed by atoms with E-state index < -0.39 is 0 Å². The van der Waals surface area contributed by atoms with E-state index in [1.807, 2.05) is 44.4 Å². The van der Waals surface area contributed by atoms with E-state index in [0.29, 0.717) is 0 Å². The monoisotopic (exact) mass is 298 g/mol. The van der Waals surface area contributed by atoms with Crippen LogP contribution in [0.2, 0.25) is 0 Å². The van der Waals surface area contributed by atoms with Gasteiger partial charge >= 0.3 is 0 Å². The Morgan fingerprint density at radius 3 is 2.68 bits per heavy atom. The van der Waals surface area contributed by atoms with Crippen molar-refractivity contribution in [2.45, 2.75) is 18.4 Å². The van der Waals surface area contributed by atoms with Crippen molar-refractivity contribution in [3.8, 4) is 0 Å². The van der Waals surface area contributed by atoms with Gasteiger partial charge in [0.15, 0.2) is 0 Å². The number of furan rings is 1. The zero-order valence-electron chi connectivity index (χ0n) is 13.0. The molecule has 0 spiro atoms. The summed E-state index contributed by atoms with van der Waals surface area (Å²) in [5.41, 5.74) is 1.14. The van der Waals surface area contributed by atoms with E-state index in [9.17, 15) is 4.79 Å². The average molecular weight is 298 g/mol. The summed E-state index contributed by atoms with van der Waals surface area (Å²) in [4.78, 5) is 14.6. The number of nitrogens with one attached hydrogen (secondary N) is 1. The lowest BCUT2D eigenvalue weighted by atomic mass is 10.1. The smallest absolute Gasteiger partial charge is 0.224 e. The van der Waals surface area contributed by atoms with Crippen LogP contribution in [-0.4, -0.2) is 31.4 Å². The molecule has 3 rings (SSSR count). The van der Waals surface area contributed by atoms with Gasteiger partial charge in [0.05, 0.1) is 12.3 Å². The Kier molecular flexibility index (Phi) is 4.29. The van der Waals surface area contributed by atoms with Crippen LogP contribution in [0.4, 0.5) is 0 Å². The maximum absolute atomic E-state index is 12.5. The zero-order valence-corrected chi connectivity index (χ0v) is 13.0. The number of nitrogens with zero attached hydrogens (tertiary/aromatic N) is 1. The van der Waals surface area contributed by atoms with Gasteiger partial charge in [0, 0.05) is 18.4 Å². The van der Waals surface area contributed by atoms with Gasteiger partial charge in [-0.2, -0.15) is 0 Å². The fourth-order valence-electron chi connectivity index (χ4n) is 2.87. The third-order valence-electron chi connectivity index (χ3n) is 4.10. The molecule has 1 heterocycles. The van der Waals surface area contributed by atoms with Crippen LogP contribution in [0.15, 0.2) is 53.1 Å². The van der Waals surface area contributed by atoms with Crippen LogP contribution in [0.1, 0.15) is 29.7 Å². The molecule has 4 heteroatoms. The Morgan fingerprint density at radius 1 is 1.27 bits per heavy atom. The summed E-state index contributed by atoms with van der Waals surface area (Å²) in [7, 11) is 4.04. The molecule has 22 heavy (non-hydrogen) atoms. The van der Waals surface area contributed by atoms with E-state index in [-0.39, 0.29) is 23.8 Å². The number of amides is 1. The van der Waals surface area contributed by atoms with E-state index in [4.69, 9.17) is 4.42 Å². The first-order chi connectivity index (χ1) is 10.6. The molecule has 0 saturated heterocycles. The second kappa shape index (κ2) is 6.36. The van der Waals surface area contributed by atoms with Crippen LogP contribution in [0.5, 0.6) is 0 Å². The molecule has 1 saturated carbocycles. The molecule has 1 aromatic heterocycles. The molecule has 1 fully saturated rings. The van der Waals surface area contributed by atoms with Crippen LogP contribution in [0.25, 0.3) is 0 Å². The number of carbonyl (C=O) groups excluding carboxylic acids is 1. The highest BCUT2D eigenvalue weighted by Gasteiger charge is 2.46.